The fourth-order valence-electron chi connectivity index (χ4n) is 1.52. The quantitative estimate of drug-likeness (QED) is 0.794. The number of rotatable bonds is 5. The zero-order valence-electron chi connectivity index (χ0n) is 9.34. The Balaban J connectivity index is 2.78. The normalized spacial score (nSPS) is 13.1. The zero-order valence-corrected chi connectivity index (χ0v) is 9.34. The molecule has 0 aliphatic rings. The molecule has 5 heteroatoms. The second kappa shape index (κ2) is 4.91. The fraction of sp³-hybridized carbons (Fsp3) is 0.700. The molecule has 0 fully saturated rings. The molecule has 5 nitrogen and oxygen atoms in total. The molecule has 1 heterocycles. The van der Waals surface area contributed by atoms with Crippen molar-refractivity contribution >= 4 is 5.97 Å². The van der Waals surface area contributed by atoms with Gasteiger partial charge in [0.05, 0.1) is 5.92 Å². The van der Waals surface area contributed by atoms with Crippen LogP contribution in [0.2, 0.25) is 0 Å². The van der Waals surface area contributed by atoms with Crippen molar-refractivity contribution in [3.8, 4) is 0 Å². The first-order chi connectivity index (χ1) is 7.06. The minimum Gasteiger partial charge on any atom is -0.481 e. The number of aromatic nitrogens is 3. The van der Waals surface area contributed by atoms with Gasteiger partial charge < -0.3 is 5.11 Å². The second-order valence-electron chi connectivity index (χ2n) is 3.88. The number of carboxylic acids is 1. The van der Waals surface area contributed by atoms with Gasteiger partial charge in [-0.05, 0) is 12.8 Å². The van der Waals surface area contributed by atoms with Crippen LogP contribution in [0.25, 0.3) is 0 Å². The molecule has 15 heavy (non-hydrogen) atoms. The van der Waals surface area contributed by atoms with Crippen LogP contribution in [-0.4, -0.2) is 25.8 Å². The summed E-state index contributed by atoms with van der Waals surface area (Å²) >= 11 is 0. The third-order valence-electron chi connectivity index (χ3n) is 2.52. The molecule has 1 rings (SSSR count). The lowest BCUT2D eigenvalue weighted by Gasteiger charge is -2.15. The third kappa shape index (κ3) is 2.78. The highest BCUT2D eigenvalue weighted by atomic mass is 16.4. The molecule has 0 saturated carbocycles. The van der Waals surface area contributed by atoms with Crippen LogP contribution in [0.3, 0.4) is 0 Å². The summed E-state index contributed by atoms with van der Waals surface area (Å²) in [5.41, 5.74) is 0. The van der Waals surface area contributed by atoms with E-state index >= 15 is 0 Å². The molecule has 0 aromatic carbocycles. The van der Waals surface area contributed by atoms with Crippen LogP contribution in [0.1, 0.15) is 26.6 Å². The highest BCUT2D eigenvalue weighted by Gasteiger charge is 2.23. The van der Waals surface area contributed by atoms with Crippen molar-refractivity contribution < 1.29 is 9.90 Å². The molecule has 0 saturated heterocycles. The van der Waals surface area contributed by atoms with E-state index in [0.29, 0.717) is 6.42 Å². The topological polar surface area (TPSA) is 68.0 Å². The molecule has 1 aromatic rings. The van der Waals surface area contributed by atoms with E-state index in [1.165, 1.54) is 6.33 Å². The Labute approximate surface area is 89.1 Å². The van der Waals surface area contributed by atoms with Crippen molar-refractivity contribution in [2.45, 2.75) is 33.7 Å². The molecular formula is C10H17N3O2. The first-order valence-corrected chi connectivity index (χ1v) is 5.15. The van der Waals surface area contributed by atoms with E-state index in [1.54, 1.807) is 4.68 Å². The van der Waals surface area contributed by atoms with Crippen LogP contribution < -0.4 is 0 Å². The molecule has 0 aliphatic heterocycles. The average molecular weight is 211 g/mol. The molecule has 0 radical (unpaired) electrons. The summed E-state index contributed by atoms with van der Waals surface area (Å²) in [6.45, 7) is 6.50. The summed E-state index contributed by atoms with van der Waals surface area (Å²) in [7, 11) is 0. The number of aryl methyl sites for hydroxylation is 1. The van der Waals surface area contributed by atoms with Crippen molar-refractivity contribution in [3.63, 3.8) is 0 Å². The maximum Gasteiger partial charge on any atom is 0.307 e. The third-order valence-corrected chi connectivity index (χ3v) is 2.52. The molecule has 84 valence electrons. The summed E-state index contributed by atoms with van der Waals surface area (Å²) < 4.78 is 1.73. The van der Waals surface area contributed by atoms with Crippen LogP contribution in [0.15, 0.2) is 6.33 Å². The van der Waals surface area contributed by atoms with E-state index in [-0.39, 0.29) is 11.8 Å². The van der Waals surface area contributed by atoms with Gasteiger partial charge in [0, 0.05) is 13.0 Å². The van der Waals surface area contributed by atoms with Crippen molar-refractivity contribution in [2.75, 3.05) is 0 Å². The standard InChI is InChI=1S/C10H17N3O2/c1-4-13-9(11-6-12-13)5-8(7(2)3)10(14)15/h6-8H,4-5H2,1-3H3,(H,14,15). The largest absolute Gasteiger partial charge is 0.481 e. The van der Waals surface area contributed by atoms with E-state index in [4.69, 9.17) is 5.11 Å². The van der Waals surface area contributed by atoms with Gasteiger partial charge >= 0.3 is 5.97 Å². The molecule has 0 bridgehead atoms. The average Bonchev–Trinajstić information content (AvgIpc) is 2.59. The predicted octanol–water partition coefficient (Wildman–Crippen LogP) is 1.20. The molecule has 0 aliphatic carbocycles. The van der Waals surface area contributed by atoms with E-state index < -0.39 is 5.97 Å². The predicted molar refractivity (Wildman–Crippen MR) is 55.4 cm³/mol. The lowest BCUT2D eigenvalue weighted by Crippen LogP contribution is -2.24. The number of hydrogen-bond acceptors (Lipinski definition) is 3. The Hall–Kier alpha value is -1.39. The van der Waals surface area contributed by atoms with Gasteiger partial charge in [0.1, 0.15) is 12.2 Å². The fourth-order valence-corrected chi connectivity index (χ4v) is 1.52. The maximum absolute atomic E-state index is 11.0. The summed E-state index contributed by atoms with van der Waals surface area (Å²) in [4.78, 5) is 15.1. The van der Waals surface area contributed by atoms with Crippen LogP contribution in [0, 0.1) is 11.8 Å². The Kier molecular flexibility index (Phi) is 3.82. The Morgan fingerprint density at radius 1 is 1.60 bits per heavy atom. The van der Waals surface area contributed by atoms with Gasteiger partial charge in [0.2, 0.25) is 0 Å². The zero-order chi connectivity index (χ0) is 11.4. The summed E-state index contributed by atoms with van der Waals surface area (Å²) in [5, 5.41) is 13.1. The molecule has 0 amide bonds. The first-order valence-electron chi connectivity index (χ1n) is 5.15. The molecular weight excluding hydrogens is 194 g/mol. The number of carboxylic acid groups (broad SMARTS) is 1. The molecule has 1 aromatic heterocycles. The molecule has 1 atom stereocenters. The first kappa shape index (κ1) is 11.7. The SMILES string of the molecule is CCn1ncnc1CC(C(=O)O)C(C)C. The Morgan fingerprint density at radius 3 is 2.73 bits per heavy atom. The van der Waals surface area contributed by atoms with Gasteiger partial charge in [-0.1, -0.05) is 13.8 Å². The van der Waals surface area contributed by atoms with E-state index in [1.807, 2.05) is 20.8 Å². The van der Waals surface area contributed by atoms with Gasteiger partial charge in [-0.3, -0.25) is 9.48 Å². The monoisotopic (exact) mass is 211 g/mol. The van der Waals surface area contributed by atoms with Gasteiger partial charge in [0.15, 0.2) is 0 Å². The lowest BCUT2D eigenvalue weighted by molar-refractivity contribution is -0.143. The van der Waals surface area contributed by atoms with Crippen LogP contribution >= 0.6 is 0 Å². The van der Waals surface area contributed by atoms with Crippen molar-refractivity contribution in [3.05, 3.63) is 12.2 Å². The van der Waals surface area contributed by atoms with E-state index in [2.05, 4.69) is 10.1 Å². The minimum absolute atomic E-state index is 0.101. The summed E-state index contributed by atoms with van der Waals surface area (Å²) in [6, 6.07) is 0. The maximum atomic E-state index is 11.0. The Morgan fingerprint density at radius 2 is 2.27 bits per heavy atom. The van der Waals surface area contributed by atoms with Crippen LogP contribution in [-0.2, 0) is 17.8 Å². The number of aliphatic carboxylic acids is 1. The van der Waals surface area contributed by atoms with Gasteiger partial charge in [-0.15, -0.1) is 0 Å². The number of nitrogens with zero attached hydrogens (tertiary/aromatic N) is 3. The summed E-state index contributed by atoms with van der Waals surface area (Å²) in [5.74, 6) is -0.307. The summed E-state index contributed by atoms with van der Waals surface area (Å²) in [6.07, 6.45) is 1.92. The molecule has 0 spiro atoms. The number of hydrogen-bond donors (Lipinski definition) is 1. The number of carbonyl (C=O) groups is 1. The lowest BCUT2D eigenvalue weighted by atomic mass is 9.92. The van der Waals surface area contributed by atoms with Crippen LogP contribution in [0.4, 0.5) is 0 Å². The van der Waals surface area contributed by atoms with Crippen molar-refractivity contribution in [1.29, 1.82) is 0 Å². The Bertz CT molecular complexity index is 333. The van der Waals surface area contributed by atoms with Gasteiger partial charge in [0.25, 0.3) is 0 Å². The molecule has 1 N–H and O–H groups in total. The smallest absolute Gasteiger partial charge is 0.307 e. The van der Waals surface area contributed by atoms with Crippen LogP contribution in [0.5, 0.6) is 0 Å². The highest BCUT2D eigenvalue weighted by molar-refractivity contribution is 5.70. The second-order valence-corrected chi connectivity index (χ2v) is 3.88. The van der Waals surface area contributed by atoms with E-state index in [9.17, 15) is 4.79 Å². The highest BCUT2D eigenvalue weighted by Crippen LogP contribution is 2.16. The van der Waals surface area contributed by atoms with Gasteiger partial charge in [-0.25, -0.2) is 4.98 Å². The van der Waals surface area contributed by atoms with Crippen molar-refractivity contribution in [2.24, 2.45) is 11.8 Å². The van der Waals surface area contributed by atoms with Crippen molar-refractivity contribution in [1.82, 2.24) is 14.8 Å². The minimum atomic E-state index is -0.768. The van der Waals surface area contributed by atoms with Gasteiger partial charge in [-0.2, -0.15) is 5.10 Å². The van der Waals surface area contributed by atoms with E-state index in [0.717, 1.165) is 12.4 Å². The molecule has 1 unspecified atom stereocenters.